The minimum absolute atomic E-state index is 0.327. The molecule has 0 radical (unpaired) electrons. The minimum Gasteiger partial charge on any atom is -0.198 e. The molecule has 4 nitrogen and oxygen atoms in total. The summed E-state index contributed by atoms with van der Waals surface area (Å²) in [4.78, 5) is 0. The Balaban J connectivity index is 0. The van der Waals surface area contributed by atoms with Gasteiger partial charge in [-0.05, 0) is 0 Å². The summed E-state index contributed by atoms with van der Waals surface area (Å²) in [6.45, 7) is 0. The molecule has 13 heavy (non-hydrogen) atoms. The molecule has 4 heteroatoms. The lowest BCUT2D eigenvalue weighted by molar-refractivity contribution is 1.35. The van der Waals surface area contributed by atoms with Gasteiger partial charge in [-0.2, -0.15) is 21.0 Å². The predicted octanol–water partition coefficient (Wildman–Crippen LogP) is 1.57. The lowest BCUT2D eigenvalue weighted by atomic mass is 10.4. The van der Waals surface area contributed by atoms with E-state index in [9.17, 15) is 0 Å². The van der Waals surface area contributed by atoms with Crippen molar-refractivity contribution in [2.45, 2.75) is 6.42 Å². The predicted molar refractivity (Wildman–Crippen MR) is 45.3 cm³/mol. The molecule has 0 bridgehead atoms. The van der Waals surface area contributed by atoms with Gasteiger partial charge in [0.15, 0.2) is 0 Å². The summed E-state index contributed by atoms with van der Waals surface area (Å²) < 4.78 is 0. The van der Waals surface area contributed by atoms with Crippen LogP contribution in [0, 0.1) is 45.3 Å². The Morgan fingerprint density at radius 1 is 0.769 bits per heavy atom. The lowest BCUT2D eigenvalue weighted by Gasteiger charge is -1.61. The van der Waals surface area contributed by atoms with Gasteiger partial charge < -0.3 is 0 Å². The number of allylic oxidation sites excluding steroid dienone is 4. The molecule has 0 aliphatic carbocycles. The van der Waals surface area contributed by atoms with Crippen LogP contribution in [0.15, 0.2) is 24.3 Å². The second-order valence-electron chi connectivity index (χ2n) is 1.49. The molecule has 0 aromatic carbocycles. The quantitative estimate of drug-likeness (QED) is 0.558. The Hall–Kier alpha value is -2.56. The van der Waals surface area contributed by atoms with Crippen molar-refractivity contribution in [1.29, 1.82) is 21.0 Å². The monoisotopic (exact) mass is 170 g/mol. The molecule has 0 N–H and O–H groups in total. The van der Waals surface area contributed by atoms with Crippen molar-refractivity contribution >= 4 is 0 Å². The second kappa shape index (κ2) is 16.2. The molecule has 0 fully saturated rings. The zero-order chi connectivity index (χ0) is 10.4. The van der Waals surface area contributed by atoms with Gasteiger partial charge in [-0.3, -0.25) is 0 Å². The van der Waals surface area contributed by atoms with Gasteiger partial charge in [0, 0.05) is 18.2 Å². The van der Waals surface area contributed by atoms with E-state index in [4.69, 9.17) is 21.0 Å². The van der Waals surface area contributed by atoms with E-state index in [0.29, 0.717) is 6.42 Å². The van der Waals surface area contributed by atoms with Gasteiger partial charge in [0.25, 0.3) is 0 Å². The summed E-state index contributed by atoms with van der Waals surface area (Å²) in [6, 6.07) is 6.97. The first-order valence-corrected chi connectivity index (χ1v) is 3.19. The fraction of sp³-hybridized carbons (Fsp3) is 0.111. The van der Waals surface area contributed by atoms with Crippen LogP contribution in [0.5, 0.6) is 0 Å². The van der Waals surface area contributed by atoms with Crippen molar-refractivity contribution in [3.05, 3.63) is 24.3 Å². The van der Waals surface area contributed by atoms with Crippen LogP contribution in [-0.4, -0.2) is 0 Å². The maximum atomic E-state index is 7.88. The summed E-state index contributed by atoms with van der Waals surface area (Å²) in [5, 5.41) is 31.1. The third-order valence-electron chi connectivity index (χ3n) is 0.634. The molecule has 0 unspecified atom stereocenters. The molecule has 0 saturated heterocycles. The van der Waals surface area contributed by atoms with Gasteiger partial charge in [0.05, 0.1) is 30.7 Å². The molecule has 0 saturated carbocycles. The fourth-order valence-corrected chi connectivity index (χ4v) is 0.239. The van der Waals surface area contributed by atoms with E-state index in [1.54, 1.807) is 18.2 Å². The lowest BCUT2D eigenvalue weighted by Crippen LogP contribution is -1.52. The van der Waals surface area contributed by atoms with Crippen LogP contribution in [0.2, 0.25) is 0 Å². The molecule has 0 aromatic heterocycles. The van der Waals surface area contributed by atoms with E-state index in [1.807, 2.05) is 6.07 Å². The highest BCUT2D eigenvalue weighted by Gasteiger charge is 1.65. The molecule has 0 heterocycles. The maximum absolute atomic E-state index is 7.88. The molecule has 0 amide bonds. The Labute approximate surface area is 76.9 Å². The van der Waals surface area contributed by atoms with Crippen molar-refractivity contribution in [2.24, 2.45) is 0 Å². The topological polar surface area (TPSA) is 95.2 Å². The van der Waals surface area contributed by atoms with E-state index in [-0.39, 0.29) is 0 Å². The fourth-order valence-electron chi connectivity index (χ4n) is 0.239. The summed E-state index contributed by atoms with van der Waals surface area (Å²) >= 11 is 0. The van der Waals surface area contributed by atoms with Crippen LogP contribution in [0.25, 0.3) is 0 Å². The number of nitriles is 4. The van der Waals surface area contributed by atoms with Gasteiger partial charge >= 0.3 is 0 Å². The third-order valence-corrected chi connectivity index (χ3v) is 0.634. The van der Waals surface area contributed by atoms with Crippen molar-refractivity contribution in [2.75, 3.05) is 0 Å². The third kappa shape index (κ3) is 26.5. The van der Waals surface area contributed by atoms with Crippen molar-refractivity contribution < 1.29 is 0 Å². The van der Waals surface area contributed by atoms with Gasteiger partial charge in [0.2, 0.25) is 0 Å². The largest absolute Gasteiger partial charge is 0.198 e. The van der Waals surface area contributed by atoms with E-state index >= 15 is 0 Å². The average Bonchev–Trinajstić information content (AvgIpc) is 2.17. The molecule has 62 valence electrons. The van der Waals surface area contributed by atoms with E-state index in [2.05, 4.69) is 0 Å². The SMILES string of the molecule is N#C/C=C/C#N.N#CC=CCC#N. The van der Waals surface area contributed by atoms with Crippen molar-refractivity contribution in [1.82, 2.24) is 0 Å². The molecule has 0 aliphatic rings. The van der Waals surface area contributed by atoms with Crippen LogP contribution in [0.3, 0.4) is 0 Å². The van der Waals surface area contributed by atoms with Crippen LogP contribution in [-0.2, 0) is 0 Å². The Morgan fingerprint density at radius 3 is 1.54 bits per heavy atom. The first-order chi connectivity index (χ1) is 6.33. The summed E-state index contributed by atoms with van der Waals surface area (Å²) in [5.74, 6) is 0. The van der Waals surface area contributed by atoms with Gasteiger partial charge in [-0.25, -0.2) is 0 Å². The second-order valence-corrected chi connectivity index (χ2v) is 1.49. The van der Waals surface area contributed by atoms with Gasteiger partial charge in [-0.15, -0.1) is 0 Å². The molecule has 0 aliphatic heterocycles. The molecular formula is C9H6N4. The Morgan fingerprint density at radius 2 is 1.23 bits per heavy atom. The molecule has 0 aromatic rings. The highest BCUT2D eigenvalue weighted by Crippen LogP contribution is 1.74. The van der Waals surface area contributed by atoms with E-state index < -0.39 is 0 Å². The smallest absolute Gasteiger partial charge is 0.0919 e. The van der Waals surface area contributed by atoms with Gasteiger partial charge in [-0.1, -0.05) is 6.08 Å². The van der Waals surface area contributed by atoms with Crippen molar-refractivity contribution in [3.63, 3.8) is 0 Å². The molecule has 0 rings (SSSR count). The highest BCUT2D eigenvalue weighted by atomic mass is 14.2. The minimum atomic E-state index is 0.327. The maximum Gasteiger partial charge on any atom is 0.0919 e. The average molecular weight is 170 g/mol. The zero-order valence-corrected chi connectivity index (χ0v) is 6.81. The number of rotatable bonds is 1. The zero-order valence-electron chi connectivity index (χ0n) is 6.81. The summed E-state index contributed by atoms with van der Waals surface area (Å²) in [6.07, 6.45) is 5.39. The summed E-state index contributed by atoms with van der Waals surface area (Å²) in [7, 11) is 0. The molecular weight excluding hydrogens is 164 g/mol. The van der Waals surface area contributed by atoms with E-state index in [1.165, 1.54) is 12.2 Å². The first-order valence-electron chi connectivity index (χ1n) is 3.19. The number of hydrogen-bond donors (Lipinski definition) is 0. The van der Waals surface area contributed by atoms with Crippen LogP contribution in [0.1, 0.15) is 6.42 Å². The number of hydrogen-bond acceptors (Lipinski definition) is 4. The van der Waals surface area contributed by atoms with E-state index in [0.717, 1.165) is 12.2 Å². The molecule has 0 atom stereocenters. The first kappa shape index (κ1) is 13.1. The van der Waals surface area contributed by atoms with Crippen LogP contribution >= 0.6 is 0 Å². The summed E-state index contributed by atoms with van der Waals surface area (Å²) in [5.41, 5.74) is 0. The van der Waals surface area contributed by atoms with Crippen molar-refractivity contribution in [3.8, 4) is 24.3 Å². The van der Waals surface area contributed by atoms with Crippen LogP contribution < -0.4 is 0 Å². The normalized spacial score (nSPS) is 7.38. The Bertz CT molecular complexity index is 309. The number of nitrogens with zero attached hydrogens (tertiary/aromatic N) is 4. The van der Waals surface area contributed by atoms with Gasteiger partial charge in [0.1, 0.15) is 0 Å². The standard InChI is InChI=1S/C5H4N2.C4H2N2/c6-4-2-1-3-5-7;5-3-1-2-4-6/h1-2H,3H2;1-2H/b;2-1+. The van der Waals surface area contributed by atoms with Crippen LogP contribution in [0.4, 0.5) is 0 Å². The molecule has 0 spiro atoms. The Kier molecular flexibility index (Phi) is 16.3. The highest BCUT2D eigenvalue weighted by molar-refractivity contribution is 5.11.